The molecule has 0 bridgehead atoms. The van der Waals surface area contributed by atoms with Gasteiger partial charge in [0.05, 0.1) is 19.3 Å². The van der Waals surface area contributed by atoms with Crippen LogP contribution in [0, 0.1) is 6.92 Å². The van der Waals surface area contributed by atoms with Crippen LogP contribution in [0.25, 0.3) is 0 Å². The molecule has 2 aromatic rings. The lowest BCUT2D eigenvalue weighted by molar-refractivity contribution is 0.398. The number of aromatic nitrogens is 3. The van der Waals surface area contributed by atoms with Crippen molar-refractivity contribution in [3.05, 3.63) is 41.5 Å². The zero-order valence-corrected chi connectivity index (χ0v) is 12.1. The molecule has 1 unspecified atom stereocenters. The van der Waals surface area contributed by atoms with Crippen LogP contribution in [0.2, 0.25) is 0 Å². The molecule has 3 N–H and O–H groups in total. The average Bonchev–Trinajstić information content (AvgIpc) is 2.85. The van der Waals surface area contributed by atoms with Crippen LogP contribution in [0.5, 0.6) is 5.75 Å². The number of nitrogens with one attached hydrogen (secondary N) is 1. The van der Waals surface area contributed by atoms with Gasteiger partial charge in [0.15, 0.2) is 5.75 Å². The highest BCUT2D eigenvalue weighted by Crippen LogP contribution is 2.30. The molecule has 1 atom stereocenters. The fourth-order valence-corrected chi connectivity index (χ4v) is 2.34. The molecular formula is C14H21N5O. The number of methoxy groups -OCH3 is 1. The summed E-state index contributed by atoms with van der Waals surface area (Å²) >= 11 is 0. The first-order valence-electron chi connectivity index (χ1n) is 6.69. The van der Waals surface area contributed by atoms with Crippen molar-refractivity contribution in [3.8, 4) is 5.75 Å². The molecule has 2 rings (SSSR count). The van der Waals surface area contributed by atoms with E-state index in [1.165, 1.54) is 0 Å². The molecule has 0 saturated heterocycles. The first-order valence-corrected chi connectivity index (χ1v) is 6.69. The van der Waals surface area contributed by atoms with Gasteiger partial charge in [-0.15, -0.1) is 0 Å². The van der Waals surface area contributed by atoms with Crippen molar-refractivity contribution in [3.63, 3.8) is 0 Å². The first kappa shape index (κ1) is 14.5. The number of pyridine rings is 1. The van der Waals surface area contributed by atoms with Crippen molar-refractivity contribution < 1.29 is 4.74 Å². The normalized spacial score (nSPS) is 12.4. The van der Waals surface area contributed by atoms with Gasteiger partial charge in [-0.1, -0.05) is 6.92 Å². The largest absolute Gasteiger partial charge is 0.493 e. The molecule has 2 aromatic heterocycles. The smallest absolute Gasteiger partial charge is 0.161 e. The van der Waals surface area contributed by atoms with Crippen molar-refractivity contribution in [1.29, 1.82) is 0 Å². The fraction of sp³-hybridized carbons (Fsp3) is 0.429. The maximum absolute atomic E-state index is 5.79. The second-order valence-corrected chi connectivity index (χ2v) is 4.65. The van der Waals surface area contributed by atoms with E-state index < -0.39 is 0 Å². The first-order chi connectivity index (χ1) is 9.72. The van der Waals surface area contributed by atoms with Gasteiger partial charge >= 0.3 is 0 Å². The van der Waals surface area contributed by atoms with Crippen LogP contribution in [0.4, 0.5) is 0 Å². The lowest BCUT2D eigenvalue weighted by Crippen LogP contribution is -2.31. The van der Waals surface area contributed by atoms with Gasteiger partial charge in [0.25, 0.3) is 0 Å². The minimum Gasteiger partial charge on any atom is -0.493 e. The second-order valence-electron chi connectivity index (χ2n) is 4.65. The van der Waals surface area contributed by atoms with Crippen molar-refractivity contribution in [2.24, 2.45) is 5.84 Å². The van der Waals surface area contributed by atoms with Gasteiger partial charge in [-0.25, -0.2) is 5.43 Å². The van der Waals surface area contributed by atoms with Crippen LogP contribution >= 0.6 is 0 Å². The van der Waals surface area contributed by atoms with Gasteiger partial charge in [0.2, 0.25) is 0 Å². The number of ether oxygens (including phenoxy) is 1. The van der Waals surface area contributed by atoms with E-state index >= 15 is 0 Å². The van der Waals surface area contributed by atoms with Crippen LogP contribution in [0.15, 0.2) is 24.7 Å². The Morgan fingerprint density at radius 1 is 1.45 bits per heavy atom. The molecule has 0 radical (unpaired) electrons. The summed E-state index contributed by atoms with van der Waals surface area (Å²) in [5.41, 5.74) is 5.94. The Morgan fingerprint density at radius 3 is 2.85 bits per heavy atom. The summed E-state index contributed by atoms with van der Waals surface area (Å²) in [6, 6.07) is 1.78. The summed E-state index contributed by atoms with van der Waals surface area (Å²) in [5.74, 6) is 6.52. The van der Waals surface area contributed by atoms with Gasteiger partial charge in [-0.05, 0) is 30.5 Å². The van der Waals surface area contributed by atoms with Gasteiger partial charge in [0, 0.05) is 18.9 Å². The zero-order chi connectivity index (χ0) is 14.5. The molecule has 0 amide bonds. The van der Waals surface area contributed by atoms with E-state index in [0.717, 1.165) is 35.5 Å². The molecular weight excluding hydrogens is 254 g/mol. The summed E-state index contributed by atoms with van der Waals surface area (Å²) in [4.78, 5) is 4.12. The minimum absolute atomic E-state index is 0.179. The highest BCUT2D eigenvalue weighted by atomic mass is 16.5. The Hall–Kier alpha value is -1.92. The Kier molecular flexibility index (Phi) is 4.70. The topological polar surface area (TPSA) is 78.0 Å². The third-order valence-corrected chi connectivity index (χ3v) is 3.32. The van der Waals surface area contributed by atoms with Crippen molar-refractivity contribution in [2.45, 2.75) is 32.9 Å². The number of hydrogen-bond acceptors (Lipinski definition) is 5. The third kappa shape index (κ3) is 2.66. The molecule has 0 aromatic carbocycles. The van der Waals surface area contributed by atoms with Gasteiger partial charge in [-0.2, -0.15) is 5.10 Å². The predicted molar refractivity (Wildman–Crippen MR) is 77.2 cm³/mol. The summed E-state index contributed by atoms with van der Waals surface area (Å²) < 4.78 is 7.36. The van der Waals surface area contributed by atoms with E-state index in [0.29, 0.717) is 0 Å². The molecule has 6 nitrogen and oxygen atoms in total. The van der Waals surface area contributed by atoms with Gasteiger partial charge in [0.1, 0.15) is 5.69 Å². The fourth-order valence-electron chi connectivity index (χ4n) is 2.34. The number of hydrazine groups is 1. The van der Waals surface area contributed by atoms with E-state index in [1.54, 1.807) is 19.5 Å². The standard InChI is InChI=1S/C14H21N5O/c1-4-7-19-14(12(20-3)9-17-19)13(18-15)11-5-6-16-8-10(11)2/h5-6,8-9,13,18H,4,7,15H2,1-3H3. The molecule has 0 fully saturated rings. The number of hydrogen-bond donors (Lipinski definition) is 2. The van der Waals surface area contributed by atoms with Crippen LogP contribution in [0.3, 0.4) is 0 Å². The maximum Gasteiger partial charge on any atom is 0.161 e. The molecule has 0 aliphatic carbocycles. The molecule has 0 saturated carbocycles. The monoisotopic (exact) mass is 275 g/mol. The third-order valence-electron chi connectivity index (χ3n) is 3.32. The molecule has 108 valence electrons. The van der Waals surface area contributed by atoms with E-state index in [1.807, 2.05) is 23.9 Å². The van der Waals surface area contributed by atoms with E-state index in [2.05, 4.69) is 22.4 Å². The quantitative estimate of drug-likeness (QED) is 0.618. The van der Waals surface area contributed by atoms with Gasteiger partial charge in [-0.3, -0.25) is 15.5 Å². The van der Waals surface area contributed by atoms with Crippen LogP contribution < -0.4 is 16.0 Å². The van der Waals surface area contributed by atoms with E-state index in [4.69, 9.17) is 10.6 Å². The number of nitrogens with two attached hydrogens (primary N) is 1. The zero-order valence-electron chi connectivity index (χ0n) is 12.1. The number of rotatable bonds is 6. The van der Waals surface area contributed by atoms with Gasteiger partial charge < -0.3 is 4.74 Å². The lowest BCUT2D eigenvalue weighted by Gasteiger charge is -2.20. The molecule has 6 heteroatoms. The minimum atomic E-state index is -0.179. The van der Waals surface area contributed by atoms with Crippen molar-refractivity contribution in [1.82, 2.24) is 20.2 Å². The summed E-state index contributed by atoms with van der Waals surface area (Å²) in [5, 5.41) is 4.38. The average molecular weight is 275 g/mol. The maximum atomic E-state index is 5.79. The van der Waals surface area contributed by atoms with Crippen molar-refractivity contribution >= 4 is 0 Å². The summed E-state index contributed by atoms with van der Waals surface area (Å²) in [7, 11) is 1.64. The Labute approximate surface area is 118 Å². The number of nitrogens with zero attached hydrogens (tertiary/aromatic N) is 3. The highest BCUT2D eigenvalue weighted by molar-refractivity contribution is 5.38. The summed E-state index contributed by atoms with van der Waals surface area (Å²) in [6.45, 7) is 4.95. The Balaban J connectivity index is 2.51. The lowest BCUT2D eigenvalue weighted by atomic mass is 10.0. The predicted octanol–water partition coefficient (Wildman–Crippen LogP) is 1.56. The molecule has 20 heavy (non-hydrogen) atoms. The van der Waals surface area contributed by atoms with Crippen LogP contribution in [-0.2, 0) is 6.54 Å². The number of aryl methyl sites for hydroxylation is 2. The van der Waals surface area contributed by atoms with Crippen LogP contribution in [0.1, 0.15) is 36.2 Å². The Bertz CT molecular complexity index is 566. The molecule has 0 aliphatic heterocycles. The van der Waals surface area contributed by atoms with E-state index in [9.17, 15) is 0 Å². The Morgan fingerprint density at radius 2 is 2.25 bits per heavy atom. The summed E-state index contributed by atoms with van der Waals surface area (Å²) in [6.07, 6.45) is 6.31. The molecule has 0 spiro atoms. The van der Waals surface area contributed by atoms with Crippen LogP contribution in [-0.4, -0.2) is 21.9 Å². The second kappa shape index (κ2) is 6.49. The SMILES string of the molecule is CCCn1ncc(OC)c1C(NN)c1ccncc1C. The molecule has 0 aliphatic rings. The van der Waals surface area contributed by atoms with E-state index in [-0.39, 0.29) is 6.04 Å². The highest BCUT2D eigenvalue weighted by Gasteiger charge is 2.23. The van der Waals surface area contributed by atoms with Crippen molar-refractivity contribution in [2.75, 3.05) is 7.11 Å². The molecule has 2 heterocycles.